The first-order valence-electron chi connectivity index (χ1n) is 21.8. The van der Waals surface area contributed by atoms with Crippen molar-refractivity contribution in [2.75, 3.05) is 6.61 Å². The van der Waals surface area contributed by atoms with E-state index in [1.165, 1.54) is 161 Å². The first-order chi connectivity index (χ1) is 23.3. The first-order valence-corrected chi connectivity index (χ1v) is 21.8. The maximum Gasteiger partial charge on any atom is 0.133 e. The van der Waals surface area contributed by atoms with Gasteiger partial charge in [-0.15, -0.1) is 0 Å². The Hall–Kier alpha value is -0.670. The lowest BCUT2D eigenvalue weighted by Gasteiger charge is -2.57. The van der Waals surface area contributed by atoms with Crippen LogP contribution in [0.15, 0.2) is 11.6 Å². The van der Waals surface area contributed by atoms with Gasteiger partial charge in [0.25, 0.3) is 0 Å². The molecule has 0 heterocycles. The Kier molecular flexibility index (Phi) is 20.0. The van der Waals surface area contributed by atoms with Crippen LogP contribution in [-0.2, 0) is 4.79 Å². The molecule has 0 unspecified atom stereocenters. The Balaban J connectivity index is 0.000000260. The van der Waals surface area contributed by atoms with Crippen LogP contribution in [0.3, 0.4) is 0 Å². The van der Waals surface area contributed by atoms with Crippen LogP contribution in [0.2, 0.25) is 0 Å². The molecule has 3 nitrogen and oxygen atoms in total. The van der Waals surface area contributed by atoms with Gasteiger partial charge in [0, 0.05) is 12.5 Å². The van der Waals surface area contributed by atoms with Gasteiger partial charge >= 0.3 is 0 Å². The van der Waals surface area contributed by atoms with Gasteiger partial charge in [-0.2, -0.15) is 0 Å². The van der Waals surface area contributed by atoms with Gasteiger partial charge < -0.3 is 10.2 Å². The van der Waals surface area contributed by atoms with Crippen molar-refractivity contribution in [1.29, 1.82) is 0 Å². The standard InChI is InChI=1S/C24H50O.C21H32O2/c1-2-3-4-5-6-7-8-9-10-11-12-13-14-15-16-17-18-19-20-21-22-23-24-25;1-13(22)17-6-7-18-16-5-4-14-12-15(23)8-10-20(14,2)19(16)9-11-21(17,18)3/h25H,2-24H2,1H3;4,15-19,23H,5-12H2,1-3H3/t;15-,16-,17+,18-,19-,20-,21+/m.0/s1. The number of Topliss-reactive ketones (excluding diaryl/α,β-unsaturated/α-hetero) is 1. The molecule has 0 bridgehead atoms. The molecular formula is C45H82O3. The summed E-state index contributed by atoms with van der Waals surface area (Å²) in [6.07, 6.45) is 42.6. The van der Waals surface area contributed by atoms with Gasteiger partial charge in [-0.1, -0.05) is 167 Å². The molecule has 0 amide bonds. The Morgan fingerprint density at radius 2 is 1.15 bits per heavy atom. The number of hydrogen-bond acceptors (Lipinski definition) is 3. The zero-order valence-electron chi connectivity index (χ0n) is 32.7. The lowest BCUT2D eigenvalue weighted by Crippen LogP contribution is -2.50. The molecule has 4 rings (SSSR count). The molecule has 2 N–H and O–H groups in total. The fourth-order valence-electron chi connectivity index (χ4n) is 11.0. The van der Waals surface area contributed by atoms with Crippen LogP contribution in [-0.4, -0.2) is 28.7 Å². The normalized spacial score (nSPS) is 30.9. The summed E-state index contributed by atoms with van der Waals surface area (Å²) in [4.78, 5) is 12.2. The van der Waals surface area contributed by atoms with Crippen LogP contribution in [0, 0.1) is 34.5 Å². The summed E-state index contributed by atoms with van der Waals surface area (Å²) in [6, 6.07) is 0. The summed E-state index contributed by atoms with van der Waals surface area (Å²) in [7, 11) is 0. The van der Waals surface area contributed by atoms with Crippen molar-refractivity contribution in [2.45, 2.75) is 226 Å². The number of carbonyl (C=O) groups excluding carboxylic acids is 1. The number of rotatable bonds is 23. The van der Waals surface area contributed by atoms with E-state index in [-0.39, 0.29) is 11.5 Å². The molecule has 48 heavy (non-hydrogen) atoms. The quantitative estimate of drug-likeness (QED) is 0.0840. The van der Waals surface area contributed by atoms with Crippen molar-refractivity contribution < 1.29 is 15.0 Å². The average Bonchev–Trinajstić information content (AvgIpc) is 3.44. The number of ketones is 1. The second-order valence-corrected chi connectivity index (χ2v) is 17.6. The van der Waals surface area contributed by atoms with E-state index in [9.17, 15) is 9.90 Å². The molecule has 4 aliphatic rings. The van der Waals surface area contributed by atoms with Gasteiger partial charge in [0.1, 0.15) is 5.78 Å². The molecule has 3 heteroatoms. The summed E-state index contributed by atoms with van der Waals surface area (Å²) < 4.78 is 0. The number of hydrogen-bond donors (Lipinski definition) is 2. The Morgan fingerprint density at radius 3 is 1.60 bits per heavy atom. The molecule has 0 aliphatic heterocycles. The van der Waals surface area contributed by atoms with Crippen LogP contribution in [0.25, 0.3) is 0 Å². The average molecular weight is 671 g/mol. The van der Waals surface area contributed by atoms with Crippen LogP contribution < -0.4 is 0 Å². The number of unbranched alkanes of at least 4 members (excludes halogenated alkanes) is 21. The lowest BCUT2D eigenvalue weighted by atomic mass is 9.47. The summed E-state index contributed by atoms with van der Waals surface area (Å²) in [5, 5.41) is 18.8. The van der Waals surface area contributed by atoms with Crippen LogP contribution in [0.5, 0.6) is 0 Å². The fourth-order valence-corrected chi connectivity index (χ4v) is 11.0. The minimum atomic E-state index is -0.117. The number of allylic oxidation sites excluding steroid dienone is 1. The van der Waals surface area contributed by atoms with Crippen LogP contribution in [0.4, 0.5) is 0 Å². The maximum absolute atomic E-state index is 12.2. The second-order valence-electron chi connectivity index (χ2n) is 17.6. The molecule has 3 saturated carbocycles. The molecular weight excluding hydrogens is 588 g/mol. The van der Waals surface area contributed by atoms with Crippen molar-refractivity contribution in [3.8, 4) is 0 Å². The molecule has 0 radical (unpaired) electrons. The van der Waals surface area contributed by atoms with Crippen LogP contribution >= 0.6 is 0 Å². The Bertz CT molecular complexity index is 873. The summed E-state index contributed by atoms with van der Waals surface area (Å²) in [5.41, 5.74) is 2.11. The Morgan fingerprint density at radius 1 is 0.667 bits per heavy atom. The SMILES string of the molecule is CC(=O)[C@H]1CC[C@H]2[C@@H]3CC=C4C[C@@H](O)CC[C@]4(C)[C@H]3CC[C@]12C.CCCCCCCCCCCCCCCCCCCCCCCCO. The van der Waals surface area contributed by atoms with Crippen molar-refractivity contribution >= 4 is 5.78 Å². The predicted molar refractivity (Wildman–Crippen MR) is 206 cm³/mol. The molecule has 0 aromatic heterocycles. The highest BCUT2D eigenvalue weighted by Crippen LogP contribution is 2.66. The zero-order chi connectivity index (χ0) is 34.7. The zero-order valence-corrected chi connectivity index (χ0v) is 32.7. The highest BCUT2D eigenvalue weighted by Gasteiger charge is 2.59. The number of fused-ring (bicyclic) bond motifs is 5. The van der Waals surface area contributed by atoms with E-state index < -0.39 is 0 Å². The van der Waals surface area contributed by atoms with E-state index in [4.69, 9.17) is 5.11 Å². The molecule has 0 aromatic rings. The minimum absolute atomic E-state index is 0.117. The van der Waals surface area contributed by atoms with Gasteiger partial charge in [-0.25, -0.2) is 0 Å². The third-order valence-corrected chi connectivity index (χ3v) is 14.1. The van der Waals surface area contributed by atoms with Gasteiger partial charge in [-0.3, -0.25) is 4.79 Å². The van der Waals surface area contributed by atoms with E-state index in [0.29, 0.717) is 23.7 Å². The third kappa shape index (κ3) is 12.8. The third-order valence-electron chi connectivity index (χ3n) is 14.1. The molecule has 3 fully saturated rings. The predicted octanol–water partition coefficient (Wildman–Crippen LogP) is 13.1. The number of aliphatic hydroxyl groups is 2. The fraction of sp³-hybridized carbons (Fsp3) is 0.933. The van der Waals surface area contributed by atoms with Crippen molar-refractivity contribution in [3.63, 3.8) is 0 Å². The Labute approximate surface area is 299 Å². The van der Waals surface area contributed by atoms with E-state index in [1.807, 2.05) is 6.92 Å². The largest absolute Gasteiger partial charge is 0.396 e. The molecule has 0 spiro atoms. The first kappa shape index (κ1) is 41.7. The summed E-state index contributed by atoms with van der Waals surface area (Å²) in [6.45, 7) is 9.37. The summed E-state index contributed by atoms with van der Waals surface area (Å²) in [5.74, 6) is 3.00. The van der Waals surface area contributed by atoms with Gasteiger partial charge in [-0.05, 0) is 93.3 Å². The summed E-state index contributed by atoms with van der Waals surface area (Å²) >= 11 is 0. The smallest absolute Gasteiger partial charge is 0.133 e. The molecule has 7 atom stereocenters. The topological polar surface area (TPSA) is 57.5 Å². The van der Waals surface area contributed by atoms with Crippen LogP contribution in [0.1, 0.15) is 220 Å². The molecule has 4 aliphatic carbocycles. The van der Waals surface area contributed by atoms with Crippen molar-refractivity contribution in [3.05, 3.63) is 11.6 Å². The number of carbonyl (C=O) groups is 1. The highest BCUT2D eigenvalue weighted by atomic mass is 16.3. The van der Waals surface area contributed by atoms with Gasteiger partial charge in [0.15, 0.2) is 0 Å². The molecule has 0 saturated heterocycles. The van der Waals surface area contributed by atoms with E-state index >= 15 is 0 Å². The van der Waals surface area contributed by atoms with E-state index in [0.717, 1.165) is 49.9 Å². The molecule has 0 aromatic carbocycles. The van der Waals surface area contributed by atoms with E-state index in [1.54, 1.807) is 5.57 Å². The number of aliphatic hydroxyl groups excluding tert-OH is 2. The minimum Gasteiger partial charge on any atom is -0.396 e. The highest BCUT2D eigenvalue weighted by molar-refractivity contribution is 5.79. The molecule has 280 valence electrons. The van der Waals surface area contributed by atoms with Crippen molar-refractivity contribution in [1.82, 2.24) is 0 Å². The van der Waals surface area contributed by atoms with Gasteiger partial charge in [0.05, 0.1) is 6.10 Å². The lowest BCUT2D eigenvalue weighted by molar-refractivity contribution is -0.127. The van der Waals surface area contributed by atoms with Gasteiger partial charge in [0.2, 0.25) is 0 Å². The maximum atomic E-state index is 12.2. The second kappa shape index (κ2) is 23.0. The van der Waals surface area contributed by atoms with E-state index in [2.05, 4.69) is 26.8 Å². The van der Waals surface area contributed by atoms with Crippen molar-refractivity contribution in [2.24, 2.45) is 34.5 Å². The monoisotopic (exact) mass is 671 g/mol.